The smallest absolute Gasteiger partial charge is 0.233 e. The van der Waals surface area contributed by atoms with Gasteiger partial charge in [0.2, 0.25) is 11.8 Å². The topological polar surface area (TPSA) is 77.2 Å². The predicted molar refractivity (Wildman–Crippen MR) is 81.5 cm³/mol. The van der Waals surface area contributed by atoms with E-state index in [1.807, 2.05) is 6.20 Å². The fourth-order valence-corrected chi connectivity index (χ4v) is 2.91. The third-order valence-corrected chi connectivity index (χ3v) is 4.11. The molecule has 7 heteroatoms. The number of hydrogen-bond donors (Lipinski definition) is 0. The Bertz CT molecular complexity index is 774. The number of carbonyl (C=O) groups excluding carboxylic acids is 3. The lowest BCUT2D eigenvalue weighted by Gasteiger charge is -2.14. The van der Waals surface area contributed by atoms with Crippen LogP contribution in [-0.2, 0) is 30.1 Å². The second-order valence-electron chi connectivity index (χ2n) is 5.87. The van der Waals surface area contributed by atoms with Crippen molar-refractivity contribution < 1.29 is 14.4 Å². The summed E-state index contributed by atoms with van der Waals surface area (Å²) >= 11 is 0. The van der Waals surface area contributed by atoms with Gasteiger partial charge in [0.25, 0.3) is 0 Å². The fourth-order valence-electron chi connectivity index (χ4n) is 2.91. The zero-order chi connectivity index (χ0) is 16.6. The molecule has 0 radical (unpaired) electrons. The highest BCUT2D eigenvalue weighted by Crippen LogP contribution is 2.23. The molecule has 1 unspecified atom stereocenters. The molecule has 0 aliphatic carbocycles. The quantitative estimate of drug-likeness (QED) is 0.597. The largest absolute Gasteiger partial charge is 0.348 e. The Labute approximate surface area is 133 Å². The van der Waals surface area contributed by atoms with Gasteiger partial charge < -0.3 is 4.57 Å². The molecule has 1 atom stereocenters. The van der Waals surface area contributed by atoms with Crippen LogP contribution in [0.5, 0.6) is 0 Å². The van der Waals surface area contributed by atoms with Crippen molar-refractivity contribution >= 4 is 17.6 Å². The highest BCUT2D eigenvalue weighted by molar-refractivity contribution is 6.08. The number of hydrogen-bond acceptors (Lipinski definition) is 4. The van der Waals surface area contributed by atoms with Gasteiger partial charge in [-0.25, -0.2) is 0 Å². The number of nitrogens with zero attached hydrogens (tertiary/aromatic N) is 4. The molecule has 2 aromatic heterocycles. The van der Waals surface area contributed by atoms with Gasteiger partial charge in [-0.2, -0.15) is 5.10 Å². The van der Waals surface area contributed by atoms with Gasteiger partial charge in [-0.15, -0.1) is 0 Å². The Balaban J connectivity index is 1.69. The van der Waals surface area contributed by atoms with Crippen molar-refractivity contribution in [1.29, 1.82) is 0 Å². The van der Waals surface area contributed by atoms with Gasteiger partial charge in [0.1, 0.15) is 0 Å². The highest BCUT2D eigenvalue weighted by atomic mass is 16.2. The molecule has 1 saturated heterocycles. The van der Waals surface area contributed by atoms with Crippen LogP contribution >= 0.6 is 0 Å². The zero-order valence-electron chi connectivity index (χ0n) is 13.1. The molecule has 1 fully saturated rings. The molecular formula is C16H18N4O3. The molecule has 3 heterocycles. The van der Waals surface area contributed by atoms with Gasteiger partial charge in [-0.05, 0) is 24.1 Å². The molecule has 7 nitrogen and oxygen atoms in total. The van der Waals surface area contributed by atoms with Crippen LogP contribution < -0.4 is 0 Å². The summed E-state index contributed by atoms with van der Waals surface area (Å²) in [7, 11) is 3.56. The van der Waals surface area contributed by atoms with Crippen molar-refractivity contribution in [3.05, 3.63) is 42.0 Å². The first-order valence-electron chi connectivity index (χ1n) is 7.42. The highest BCUT2D eigenvalue weighted by Gasteiger charge is 2.39. The maximum Gasteiger partial charge on any atom is 0.233 e. The lowest BCUT2D eigenvalue weighted by Crippen LogP contribution is -2.36. The van der Waals surface area contributed by atoms with E-state index in [0.29, 0.717) is 12.1 Å². The van der Waals surface area contributed by atoms with Crippen LogP contribution in [0.4, 0.5) is 0 Å². The van der Waals surface area contributed by atoms with Crippen molar-refractivity contribution in [3.8, 4) is 0 Å². The van der Waals surface area contributed by atoms with Crippen LogP contribution in [0, 0.1) is 5.92 Å². The van der Waals surface area contributed by atoms with Crippen molar-refractivity contribution in [1.82, 2.24) is 19.2 Å². The number of aromatic nitrogens is 3. The Kier molecular flexibility index (Phi) is 3.85. The number of imide groups is 1. The number of likely N-dealkylation sites (tertiary alicyclic amines) is 1. The van der Waals surface area contributed by atoms with Crippen LogP contribution in [0.1, 0.15) is 22.5 Å². The van der Waals surface area contributed by atoms with Crippen LogP contribution in [-0.4, -0.2) is 43.4 Å². The van der Waals surface area contributed by atoms with Crippen molar-refractivity contribution in [2.45, 2.75) is 12.8 Å². The molecule has 2 amide bonds. The average molecular weight is 314 g/mol. The molecule has 0 bridgehead atoms. The number of Topliss-reactive ketones (excluding diaryl/α,β-unsaturated/α-hetero) is 1. The summed E-state index contributed by atoms with van der Waals surface area (Å²) in [5, 5.41) is 4.06. The van der Waals surface area contributed by atoms with E-state index >= 15 is 0 Å². The van der Waals surface area contributed by atoms with E-state index in [1.165, 1.54) is 0 Å². The molecule has 0 spiro atoms. The number of ketones is 1. The maximum absolute atomic E-state index is 12.4. The first kappa shape index (κ1) is 15.2. The number of amides is 2. The molecular weight excluding hydrogens is 296 g/mol. The predicted octanol–water partition coefficient (Wildman–Crippen LogP) is 0.559. The average Bonchev–Trinajstić information content (AvgIpc) is 3.16. The monoisotopic (exact) mass is 314 g/mol. The van der Waals surface area contributed by atoms with Crippen LogP contribution in [0.25, 0.3) is 0 Å². The molecule has 3 rings (SSSR count). The van der Waals surface area contributed by atoms with Gasteiger partial charge in [-0.1, -0.05) is 0 Å². The van der Waals surface area contributed by atoms with E-state index < -0.39 is 5.92 Å². The van der Waals surface area contributed by atoms with E-state index in [0.717, 1.165) is 10.5 Å². The van der Waals surface area contributed by atoms with Gasteiger partial charge in [0.05, 0.1) is 24.4 Å². The van der Waals surface area contributed by atoms with E-state index in [4.69, 9.17) is 0 Å². The minimum Gasteiger partial charge on any atom is -0.348 e. The van der Waals surface area contributed by atoms with Crippen molar-refractivity contribution in [2.75, 3.05) is 6.54 Å². The summed E-state index contributed by atoms with van der Waals surface area (Å²) in [6, 6.07) is 3.44. The van der Waals surface area contributed by atoms with E-state index in [1.54, 1.807) is 47.9 Å². The van der Waals surface area contributed by atoms with Crippen LogP contribution in [0.15, 0.2) is 30.7 Å². The molecule has 23 heavy (non-hydrogen) atoms. The molecule has 2 aromatic rings. The maximum atomic E-state index is 12.4. The third-order valence-electron chi connectivity index (χ3n) is 4.11. The third kappa shape index (κ3) is 2.94. The number of carbonyl (C=O) groups is 3. The first-order valence-corrected chi connectivity index (χ1v) is 7.42. The van der Waals surface area contributed by atoms with Gasteiger partial charge in [0, 0.05) is 32.9 Å². The molecule has 120 valence electrons. The Morgan fingerprint density at radius 3 is 2.74 bits per heavy atom. The van der Waals surface area contributed by atoms with E-state index in [-0.39, 0.29) is 30.6 Å². The van der Waals surface area contributed by atoms with Crippen molar-refractivity contribution in [3.63, 3.8) is 0 Å². The van der Waals surface area contributed by atoms with Crippen LogP contribution in [0.3, 0.4) is 0 Å². The molecule has 0 saturated carbocycles. The summed E-state index contributed by atoms with van der Waals surface area (Å²) < 4.78 is 3.34. The lowest BCUT2D eigenvalue weighted by atomic mass is 10.0. The molecule has 1 aliphatic rings. The second-order valence-corrected chi connectivity index (χ2v) is 5.87. The Morgan fingerprint density at radius 1 is 1.35 bits per heavy atom. The fraction of sp³-hybridized carbons (Fsp3) is 0.375. The Hall–Kier alpha value is -2.70. The Morgan fingerprint density at radius 2 is 2.13 bits per heavy atom. The number of rotatable bonds is 5. The molecule has 0 N–H and O–H groups in total. The summed E-state index contributed by atoms with van der Waals surface area (Å²) in [4.78, 5) is 37.9. The SMILES string of the molecule is Cn1cc(CC2CC(=O)N(CC(=O)c3cccn3C)C2=O)cn1. The summed E-state index contributed by atoms with van der Waals surface area (Å²) in [6.45, 7) is -0.195. The van der Waals surface area contributed by atoms with E-state index in [9.17, 15) is 14.4 Å². The minimum atomic E-state index is -0.409. The lowest BCUT2D eigenvalue weighted by molar-refractivity contribution is -0.138. The minimum absolute atomic E-state index is 0.147. The summed E-state index contributed by atoms with van der Waals surface area (Å²) in [5.74, 6) is -1.21. The zero-order valence-corrected chi connectivity index (χ0v) is 13.1. The second kappa shape index (κ2) is 5.83. The summed E-state index contributed by atoms with van der Waals surface area (Å²) in [6.07, 6.45) is 5.89. The normalized spacial score (nSPS) is 18.0. The van der Waals surface area contributed by atoms with Gasteiger partial charge >= 0.3 is 0 Å². The van der Waals surface area contributed by atoms with Gasteiger partial charge in [-0.3, -0.25) is 24.0 Å². The molecule has 1 aliphatic heterocycles. The van der Waals surface area contributed by atoms with Gasteiger partial charge in [0.15, 0.2) is 5.78 Å². The number of aryl methyl sites for hydroxylation is 2. The van der Waals surface area contributed by atoms with Crippen LogP contribution in [0.2, 0.25) is 0 Å². The summed E-state index contributed by atoms with van der Waals surface area (Å²) in [5.41, 5.74) is 1.40. The first-order chi connectivity index (χ1) is 11.0. The van der Waals surface area contributed by atoms with E-state index in [2.05, 4.69) is 5.10 Å². The standard InChI is InChI=1S/C16H18N4O3/c1-18-5-3-4-13(18)14(21)10-20-15(22)7-12(16(20)23)6-11-8-17-19(2)9-11/h3-5,8-9,12H,6-7,10H2,1-2H3. The molecule has 0 aromatic carbocycles. The van der Waals surface area contributed by atoms with Crippen molar-refractivity contribution in [2.24, 2.45) is 20.0 Å².